The Hall–Kier alpha value is -1.59. The van der Waals surface area contributed by atoms with Crippen molar-refractivity contribution in [2.75, 3.05) is 18.5 Å². The molecule has 0 bridgehead atoms. The number of carbonyl (C=O) groups is 2. The first-order chi connectivity index (χ1) is 9.70. The van der Waals surface area contributed by atoms with E-state index in [4.69, 9.17) is 4.74 Å². The largest absolute Gasteiger partial charge is 0.462 e. The molecule has 2 N–H and O–H groups in total. The molecule has 1 saturated heterocycles. The topological polar surface area (TPSA) is 67.4 Å². The van der Waals surface area contributed by atoms with E-state index in [-0.39, 0.29) is 30.3 Å². The first kappa shape index (κ1) is 17.5. The summed E-state index contributed by atoms with van der Waals surface area (Å²) in [6.07, 6.45) is 3.07. The van der Waals surface area contributed by atoms with Crippen molar-refractivity contribution in [2.24, 2.45) is 0 Å². The Bertz CT molecular complexity index is 470. The summed E-state index contributed by atoms with van der Waals surface area (Å²) in [6.45, 7) is 3.01. The van der Waals surface area contributed by atoms with Crippen molar-refractivity contribution in [1.82, 2.24) is 5.32 Å². The van der Waals surface area contributed by atoms with Gasteiger partial charge in [-0.05, 0) is 50.6 Å². The van der Waals surface area contributed by atoms with Gasteiger partial charge in [0.2, 0.25) is 5.91 Å². The van der Waals surface area contributed by atoms with Crippen molar-refractivity contribution >= 4 is 30.0 Å². The number of hydrogen-bond acceptors (Lipinski definition) is 4. The second kappa shape index (κ2) is 8.64. The van der Waals surface area contributed by atoms with Crippen LogP contribution in [-0.4, -0.2) is 31.1 Å². The van der Waals surface area contributed by atoms with Crippen molar-refractivity contribution in [2.45, 2.75) is 32.2 Å². The van der Waals surface area contributed by atoms with Gasteiger partial charge in [0.25, 0.3) is 0 Å². The van der Waals surface area contributed by atoms with Gasteiger partial charge in [-0.2, -0.15) is 0 Å². The molecule has 116 valence electrons. The van der Waals surface area contributed by atoms with Gasteiger partial charge in [-0.25, -0.2) is 4.79 Å². The number of benzene rings is 1. The molecule has 0 aromatic heterocycles. The van der Waals surface area contributed by atoms with Crippen LogP contribution in [0.5, 0.6) is 0 Å². The number of amides is 1. The molecule has 2 rings (SSSR count). The van der Waals surface area contributed by atoms with E-state index in [1.807, 2.05) is 0 Å². The molecule has 21 heavy (non-hydrogen) atoms. The van der Waals surface area contributed by atoms with Gasteiger partial charge in [-0.1, -0.05) is 6.42 Å². The number of carbonyl (C=O) groups excluding carboxylic acids is 2. The molecular formula is C15H21ClN2O3. The predicted octanol–water partition coefficient (Wildman–Crippen LogP) is 2.37. The van der Waals surface area contributed by atoms with Gasteiger partial charge in [0, 0.05) is 5.69 Å². The number of rotatable bonds is 4. The summed E-state index contributed by atoms with van der Waals surface area (Å²) in [4.78, 5) is 23.5. The van der Waals surface area contributed by atoms with Crippen LogP contribution in [0.25, 0.3) is 0 Å². The zero-order chi connectivity index (χ0) is 14.4. The molecule has 1 fully saturated rings. The molecule has 1 atom stereocenters. The van der Waals surface area contributed by atoms with Gasteiger partial charge >= 0.3 is 5.97 Å². The molecule has 1 aromatic rings. The van der Waals surface area contributed by atoms with Crippen LogP contribution in [0.1, 0.15) is 36.5 Å². The van der Waals surface area contributed by atoms with Crippen LogP contribution in [0, 0.1) is 0 Å². The lowest BCUT2D eigenvalue weighted by Crippen LogP contribution is -2.43. The van der Waals surface area contributed by atoms with Crippen molar-refractivity contribution in [1.29, 1.82) is 0 Å². The fourth-order valence-corrected chi connectivity index (χ4v) is 2.21. The minimum absolute atomic E-state index is 0. The molecule has 0 unspecified atom stereocenters. The van der Waals surface area contributed by atoms with E-state index < -0.39 is 0 Å². The Morgan fingerprint density at radius 3 is 2.57 bits per heavy atom. The first-order valence-electron chi connectivity index (χ1n) is 7.02. The van der Waals surface area contributed by atoms with E-state index in [0.717, 1.165) is 25.8 Å². The third-order valence-electron chi connectivity index (χ3n) is 3.29. The van der Waals surface area contributed by atoms with Crippen molar-refractivity contribution in [3.05, 3.63) is 29.8 Å². The Kier molecular flexibility index (Phi) is 7.19. The monoisotopic (exact) mass is 312 g/mol. The average Bonchev–Trinajstić information content (AvgIpc) is 2.49. The molecule has 1 heterocycles. The van der Waals surface area contributed by atoms with Gasteiger partial charge in [0.15, 0.2) is 0 Å². The van der Waals surface area contributed by atoms with Crippen LogP contribution in [0.2, 0.25) is 0 Å². The van der Waals surface area contributed by atoms with Gasteiger partial charge in [-0.3, -0.25) is 4.79 Å². The fraction of sp³-hybridized carbons (Fsp3) is 0.467. The maximum absolute atomic E-state index is 12.0. The summed E-state index contributed by atoms with van der Waals surface area (Å²) >= 11 is 0. The maximum Gasteiger partial charge on any atom is 0.338 e. The quantitative estimate of drug-likeness (QED) is 0.838. The predicted molar refractivity (Wildman–Crippen MR) is 83.9 cm³/mol. The summed E-state index contributed by atoms with van der Waals surface area (Å²) in [7, 11) is 0. The van der Waals surface area contributed by atoms with Crippen molar-refractivity contribution in [3.63, 3.8) is 0 Å². The van der Waals surface area contributed by atoms with Crippen molar-refractivity contribution < 1.29 is 14.3 Å². The third kappa shape index (κ3) is 5.02. The number of halogens is 1. The summed E-state index contributed by atoms with van der Waals surface area (Å²) in [6, 6.07) is 6.62. The van der Waals surface area contributed by atoms with E-state index in [2.05, 4.69) is 10.6 Å². The maximum atomic E-state index is 12.0. The van der Waals surface area contributed by atoms with E-state index in [1.165, 1.54) is 0 Å². The Morgan fingerprint density at radius 2 is 2.00 bits per heavy atom. The molecule has 6 heteroatoms. The Morgan fingerprint density at radius 1 is 1.29 bits per heavy atom. The smallest absolute Gasteiger partial charge is 0.338 e. The second-order valence-corrected chi connectivity index (χ2v) is 4.79. The number of esters is 1. The molecule has 0 radical (unpaired) electrons. The summed E-state index contributed by atoms with van der Waals surface area (Å²) in [5.41, 5.74) is 1.18. The van der Waals surface area contributed by atoms with Crippen LogP contribution in [-0.2, 0) is 9.53 Å². The van der Waals surface area contributed by atoms with Crippen LogP contribution < -0.4 is 10.6 Å². The normalized spacial score (nSPS) is 17.5. The van der Waals surface area contributed by atoms with Crippen LogP contribution in [0.15, 0.2) is 24.3 Å². The number of piperidine rings is 1. The molecule has 0 saturated carbocycles. The molecule has 1 amide bonds. The molecule has 0 aliphatic carbocycles. The highest BCUT2D eigenvalue weighted by atomic mass is 35.5. The minimum atomic E-state index is -0.348. The number of hydrogen-bond donors (Lipinski definition) is 2. The average molecular weight is 313 g/mol. The third-order valence-corrected chi connectivity index (χ3v) is 3.29. The Balaban J connectivity index is 0.00000220. The molecular weight excluding hydrogens is 292 g/mol. The Labute approximate surface area is 130 Å². The highest BCUT2D eigenvalue weighted by molar-refractivity contribution is 5.95. The zero-order valence-electron chi connectivity index (χ0n) is 12.1. The van der Waals surface area contributed by atoms with Crippen LogP contribution in [0.3, 0.4) is 0 Å². The highest BCUT2D eigenvalue weighted by Gasteiger charge is 2.20. The number of nitrogens with one attached hydrogen (secondary N) is 2. The lowest BCUT2D eigenvalue weighted by atomic mass is 10.0. The molecule has 1 aromatic carbocycles. The standard InChI is InChI=1S/C15H20N2O3.ClH/c1-2-20-15(19)11-6-8-12(9-7-11)17-14(18)13-5-3-4-10-16-13;/h6-9,13,16H,2-5,10H2,1H3,(H,17,18);1H/t13-;/m0./s1. The van der Waals surface area contributed by atoms with Crippen molar-refractivity contribution in [3.8, 4) is 0 Å². The summed E-state index contributed by atoms with van der Waals surface area (Å²) in [5, 5.41) is 6.06. The van der Waals surface area contributed by atoms with Gasteiger partial charge in [0.1, 0.15) is 0 Å². The lowest BCUT2D eigenvalue weighted by molar-refractivity contribution is -0.118. The number of ether oxygens (including phenoxy) is 1. The van der Waals surface area contributed by atoms with Gasteiger partial charge in [0.05, 0.1) is 18.2 Å². The summed E-state index contributed by atoms with van der Waals surface area (Å²) < 4.78 is 4.91. The van der Waals surface area contributed by atoms with E-state index in [9.17, 15) is 9.59 Å². The first-order valence-corrected chi connectivity index (χ1v) is 7.02. The van der Waals surface area contributed by atoms with Gasteiger partial charge < -0.3 is 15.4 Å². The van der Waals surface area contributed by atoms with Gasteiger partial charge in [-0.15, -0.1) is 12.4 Å². The molecule has 1 aliphatic rings. The fourth-order valence-electron chi connectivity index (χ4n) is 2.21. The molecule has 0 spiro atoms. The highest BCUT2D eigenvalue weighted by Crippen LogP contribution is 2.13. The second-order valence-electron chi connectivity index (χ2n) is 4.79. The molecule has 5 nitrogen and oxygen atoms in total. The molecule has 1 aliphatic heterocycles. The van der Waals surface area contributed by atoms with E-state index in [0.29, 0.717) is 17.9 Å². The lowest BCUT2D eigenvalue weighted by Gasteiger charge is -2.22. The van der Waals surface area contributed by atoms with Crippen LogP contribution >= 0.6 is 12.4 Å². The summed E-state index contributed by atoms with van der Waals surface area (Å²) in [5.74, 6) is -0.368. The SMILES string of the molecule is CCOC(=O)c1ccc(NC(=O)[C@@H]2CCCCN2)cc1.Cl. The van der Waals surface area contributed by atoms with E-state index >= 15 is 0 Å². The zero-order valence-corrected chi connectivity index (χ0v) is 12.9. The van der Waals surface area contributed by atoms with Crippen LogP contribution in [0.4, 0.5) is 5.69 Å². The van der Waals surface area contributed by atoms with E-state index in [1.54, 1.807) is 31.2 Å². The number of anilines is 1. The minimum Gasteiger partial charge on any atom is -0.462 e.